The topological polar surface area (TPSA) is 74.2 Å². The number of carbonyl (C=O) groups is 2. The van der Waals surface area contributed by atoms with Crippen molar-refractivity contribution < 1.29 is 27.5 Å². The number of esters is 1. The molecule has 7 nitrogen and oxygen atoms in total. The Hall–Kier alpha value is -3.66. The van der Waals surface area contributed by atoms with E-state index in [4.69, 9.17) is 9.73 Å². The van der Waals surface area contributed by atoms with E-state index < -0.39 is 53.2 Å². The van der Waals surface area contributed by atoms with Gasteiger partial charge in [-0.05, 0) is 42.5 Å². The van der Waals surface area contributed by atoms with Crippen molar-refractivity contribution in [2.24, 2.45) is 16.3 Å². The Morgan fingerprint density at radius 3 is 2.49 bits per heavy atom. The molecular formula is C33H41F3N4O3. The second-order valence-corrected chi connectivity index (χ2v) is 12.3. The second kappa shape index (κ2) is 13.8. The molecule has 2 heterocycles. The number of rotatable bonds is 9. The Kier molecular flexibility index (Phi) is 10.3. The molecule has 2 aromatic rings. The lowest BCUT2D eigenvalue weighted by Crippen LogP contribution is -2.60. The van der Waals surface area contributed by atoms with Crippen LogP contribution in [0.4, 0.5) is 13.2 Å². The number of alkyl halides is 1. The maximum Gasteiger partial charge on any atom is 0.303 e. The van der Waals surface area contributed by atoms with E-state index in [1.807, 2.05) is 56.0 Å². The van der Waals surface area contributed by atoms with E-state index in [1.54, 1.807) is 11.0 Å². The van der Waals surface area contributed by atoms with Crippen LogP contribution in [0.1, 0.15) is 52.2 Å². The summed E-state index contributed by atoms with van der Waals surface area (Å²) in [6, 6.07) is 12.3. The predicted octanol–water partition coefficient (Wildman–Crippen LogP) is 5.36. The summed E-state index contributed by atoms with van der Waals surface area (Å²) in [5.74, 6) is -2.34. The van der Waals surface area contributed by atoms with Gasteiger partial charge in [0.05, 0.1) is 11.7 Å². The molecule has 1 amide bonds. The van der Waals surface area contributed by atoms with Gasteiger partial charge < -0.3 is 19.9 Å². The molecule has 2 aliphatic heterocycles. The Morgan fingerprint density at radius 1 is 1.14 bits per heavy atom. The third-order valence-electron chi connectivity index (χ3n) is 7.76. The van der Waals surface area contributed by atoms with Gasteiger partial charge in [0.25, 0.3) is 5.91 Å². The highest BCUT2D eigenvalue weighted by Crippen LogP contribution is 2.34. The van der Waals surface area contributed by atoms with Gasteiger partial charge in [-0.15, -0.1) is 0 Å². The standard InChI is InChI=1S/C33H41F3N4O3/c1-21(43-22(2)41)32(42)40(20-24-17-37-18-28(24)36)30(33(3,4)5)31-38-29(26-16-25(34)13-14-27(26)35)12-9-15-39(31)19-23-10-7-6-8-11-23/h6-8,10-14,16,21,24,28,30,37H,9,15,17-20H2,1-5H3. The first-order valence-corrected chi connectivity index (χ1v) is 14.7. The molecule has 0 radical (unpaired) electrons. The molecule has 43 heavy (non-hydrogen) atoms. The summed E-state index contributed by atoms with van der Waals surface area (Å²) in [6.07, 6.45) is -0.0409. The summed E-state index contributed by atoms with van der Waals surface area (Å²) >= 11 is 0. The maximum atomic E-state index is 15.1. The average Bonchev–Trinajstić information content (AvgIpc) is 3.24. The van der Waals surface area contributed by atoms with E-state index in [0.717, 1.165) is 23.8 Å². The van der Waals surface area contributed by atoms with Crippen LogP contribution in [-0.2, 0) is 20.9 Å². The van der Waals surface area contributed by atoms with Gasteiger partial charge in [-0.2, -0.15) is 0 Å². The molecule has 0 aromatic heterocycles. The minimum atomic E-state index is -1.17. The van der Waals surface area contributed by atoms with E-state index in [1.165, 1.54) is 13.8 Å². The van der Waals surface area contributed by atoms with Gasteiger partial charge in [0.15, 0.2) is 6.10 Å². The Morgan fingerprint density at radius 2 is 1.86 bits per heavy atom. The van der Waals surface area contributed by atoms with Crippen LogP contribution in [0.2, 0.25) is 0 Å². The Balaban J connectivity index is 1.89. The van der Waals surface area contributed by atoms with Gasteiger partial charge in [-0.1, -0.05) is 57.2 Å². The molecule has 4 unspecified atom stereocenters. The maximum absolute atomic E-state index is 15.1. The van der Waals surface area contributed by atoms with Gasteiger partial charge in [0, 0.05) is 51.1 Å². The van der Waals surface area contributed by atoms with Crippen LogP contribution in [0.25, 0.3) is 5.70 Å². The van der Waals surface area contributed by atoms with Crippen LogP contribution in [0, 0.1) is 23.0 Å². The number of aliphatic imine (C=N–C) groups is 1. The first-order valence-electron chi connectivity index (χ1n) is 14.7. The van der Waals surface area contributed by atoms with Crippen LogP contribution >= 0.6 is 0 Å². The molecule has 1 fully saturated rings. The molecule has 1 N–H and O–H groups in total. The summed E-state index contributed by atoms with van der Waals surface area (Å²) in [5.41, 5.74) is 0.607. The fourth-order valence-electron chi connectivity index (χ4n) is 5.76. The third-order valence-corrected chi connectivity index (χ3v) is 7.76. The normalized spacial score (nSPS) is 20.5. The highest BCUT2D eigenvalue weighted by atomic mass is 19.1. The number of nitrogens with one attached hydrogen (secondary N) is 1. The molecule has 4 rings (SSSR count). The molecule has 10 heteroatoms. The van der Waals surface area contributed by atoms with Crippen molar-refractivity contribution in [3.05, 3.63) is 77.4 Å². The largest absolute Gasteiger partial charge is 0.453 e. The SMILES string of the molecule is CC(=O)OC(C)C(=O)N(CC1CNCC1F)C(C1=NC(c2cc(F)ccc2F)=CCCN1Cc1ccccc1)C(C)(C)C. The predicted molar refractivity (Wildman–Crippen MR) is 161 cm³/mol. The summed E-state index contributed by atoms with van der Waals surface area (Å²) in [5, 5.41) is 3.05. The number of carbonyl (C=O) groups excluding carboxylic acids is 2. The molecule has 0 spiro atoms. The summed E-state index contributed by atoms with van der Waals surface area (Å²) in [7, 11) is 0. The fraction of sp³-hybridized carbons (Fsp3) is 0.485. The first-order chi connectivity index (χ1) is 20.3. The fourth-order valence-corrected chi connectivity index (χ4v) is 5.76. The van der Waals surface area contributed by atoms with Crippen LogP contribution < -0.4 is 5.32 Å². The molecule has 0 aliphatic carbocycles. The van der Waals surface area contributed by atoms with Gasteiger partial charge in [0.2, 0.25) is 0 Å². The van der Waals surface area contributed by atoms with Crippen molar-refractivity contribution in [1.29, 1.82) is 0 Å². The number of benzene rings is 2. The van der Waals surface area contributed by atoms with E-state index >= 15 is 8.78 Å². The molecule has 0 saturated carbocycles. The highest BCUT2D eigenvalue weighted by molar-refractivity contribution is 5.97. The zero-order valence-corrected chi connectivity index (χ0v) is 25.4. The van der Waals surface area contributed by atoms with E-state index in [9.17, 15) is 14.0 Å². The van der Waals surface area contributed by atoms with E-state index in [2.05, 4.69) is 5.32 Å². The average molecular weight is 599 g/mol. The third kappa shape index (κ3) is 8.04. The number of amidine groups is 1. The summed E-state index contributed by atoms with van der Waals surface area (Å²) < 4.78 is 49.7. The van der Waals surface area contributed by atoms with Crippen molar-refractivity contribution in [3.63, 3.8) is 0 Å². The van der Waals surface area contributed by atoms with Gasteiger partial charge >= 0.3 is 5.97 Å². The van der Waals surface area contributed by atoms with E-state index in [-0.39, 0.29) is 24.4 Å². The lowest BCUT2D eigenvalue weighted by atomic mass is 9.83. The quantitative estimate of drug-likeness (QED) is 0.394. The molecule has 2 aromatic carbocycles. The zero-order chi connectivity index (χ0) is 31.3. The van der Waals surface area contributed by atoms with Gasteiger partial charge in [0.1, 0.15) is 23.6 Å². The first kappa shape index (κ1) is 32.3. The van der Waals surface area contributed by atoms with Crippen molar-refractivity contribution in [1.82, 2.24) is 15.1 Å². The van der Waals surface area contributed by atoms with Crippen molar-refractivity contribution in [2.75, 3.05) is 26.2 Å². The number of hydrogen-bond acceptors (Lipinski definition) is 6. The van der Waals surface area contributed by atoms with E-state index in [0.29, 0.717) is 31.9 Å². The highest BCUT2D eigenvalue weighted by Gasteiger charge is 2.44. The monoisotopic (exact) mass is 598 g/mol. The van der Waals surface area contributed by atoms with Gasteiger partial charge in [-0.3, -0.25) is 9.59 Å². The van der Waals surface area contributed by atoms with Crippen LogP contribution in [0.5, 0.6) is 0 Å². The zero-order valence-electron chi connectivity index (χ0n) is 25.4. The van der Waals surface area contributed by atoms with Crippen molar-refractivity contribution in [3.8, 4) is 0 Å². The molecule has 1 saturated heterocycles. The number of amides is 1. The molecule has 2 aliphatic rings. The van der Waals surface area contributed by atoms with Crippen molar-refractivity contribution >= 4 is 23.4 Å². The summed E-state index contributed by atoms with van der Waals surface area (Å²) in [4.78, 5) is 34.6. The van der Waals surface area contributed by atoms with Crippen molar-refractivity contribution in [2.45, 2.75) is 65.9 Å². The minimum Gasteiger partial charge on any atom is -0.453 e. The van der Waals surface area contributed by atoms with Crippen LogP contribution in [0.15, 0.2) is 59.6 Å². The smallest absolute Gasteiger partial charge is 0.303 e. The lowest BCUT2D eigenvalue weighted by molar-refractivity contribution is -0.159. The molecule has 232 valence electrons. The number of hydrogen-bond donors (Lipinski definition) is 1. The molecular weight excluding hydrogens is 557 g/mol. The minimum absolute atomic E-state index is 0.0155. The lowest BCUT2D eigenvalue weighted by Gasteiger charge is -2.45. The number of nitrogens with zero attached hydrogens (tertiary/aromatic N) is 3. The summed E-state index contributed by atoms with van der Waals surface area (Å²) in [6.45, 7) is 10.1. The molecule has 4 atom stereocenters. The van der Waals surface area contributed by atoms with Crippen LogP contribution in [0.3, 0.4) is 0 Å². The molecule has 0 bridgehead atoms. The number of ether oxygens (including phenoxy) is 1. The number of halogens is 3. The Labute approximate surface area is 251 Å². The van der Waals surface area contributed by atoms with Crippen LogP contribution in [-0.4, -0.2) is 72.0 Å². The second-order valence-electron chi connectivity index (χ2n) is 12.3. The Bertz CT molecular complexity index is 1360. The van der Waals surface area contributed by atoms with Gasteiger partial charge in [-0.25, -0.2) is 18.2 Å².